The molecule has 5 nitrogen and oxygen atoms in total. The average Bonchev–Trinajstić information content (AvgIpc) is 2.88. The van der Waals surface area contributed by atoms with Gasteiger partial charge in [-0.25, -0.2) is 0 Å². The number of rotatable bonds is 12. The van der Waals surface area contributed by atoms with Gasteiger partial charge in [0.25, 0.3) is 0 Å². The Morgan fingerprint density at radius 1 is 1.06 bits per heavy atom. The van der Waals surface area contributed by atoms with E-state index in [1.807, 2.05) is 12.1 Å². The molecule has 0 aromatic heterocycles. The first kappa shape index (κ1) is 28.0. The Morgan fingerprint density at radius 2 is 1.72 bits per heavy atom. The van der Waals surface area contributed by atoms with Crippen LogP contribution in [0.2, 0.25) is 0 Å². The van der Waals surface area contributed by atoms with E-state index >= 15 is 0 Å². The monoisotopic (exact) mass is 492 g/mol. The minimum atomic E-state index is -0.0937. The third-order valence-corrected chi connectivity index (χ3v) is 7.27. The first-order chi connectivity index (χ1) is 17.3. The Balaban J connectivity index is 1.60. The number of hydrogen-bond acceptors (Lipinski definition) is 3. The molecule has 2 aromatic carbocycles. The van der Waals surface area contributed by atoms with Gasteiger partial charge in [-0.15, -0.1) is 0 Å². The number of benzene rings is 2. The number of piperidine rings is 1. The Kier molecular flexibility index (Phi) is 10.7. The summed E-state index contributed by atoms with van der Waals surface area (Å²) in [4.78, 5) is 4.38. The van der Waals surface area contributed by atoms with Gasteiger partial charge in [-0.1, -0.05) is 64.4 Å². The van der Waals surface area contributed by atoms with Crippen molar-refractivity contribution in [3.63, 3.8) is 0 Å². The largest absolute Gasteiger partial charge is 0.494 e. The van der Waals surface area contributed by atoms with Gasteiger partial charge in [0, 0.05) is 25.3 Å². The first-order valence-corrected chi connectivity index (χ1v) is 13.9. The van der Waals surface area contributed by atoms with Gasteiger partial charge in [0.05, 0.1) is 6.61 Å². The Hall–Kier alpha value is -2.53. The summed E-state index contributed by atoms with van der Waals surface area (Å²) in [6.45, 7) is 12.8. The lowest BCUT2D eigenvalue weighted by molar-refractivity contribution is 0.258. The van der Waals surface area contributed by atoms with E-state index in [0.717, 1.165) is 62.7 Å². The van der Waals surface area contributed by atoms with Crippen LogP contribution in [0.3, 0.4) is 0 Å². The Labute approximate surface area is 219 Å². The molecule has 0 unspecified atom stereocenters. The summed E-state index contributed by atoms with van der Waals surface area (Å²) in [6, 6.07) is 19.0. The summed E-state index contributed by atoms with van der Waals surface area (Å²) in [7, 11) is 0. The lowest BCUT2D eigenvalue weighted by Gasteiger charge is -2.40. The normalized spacial score (nSPS) is 14.8. The van der Waals surface area contributed by atoms with E-state index < -0.39 is 0 Å². The zero-order valence-electron chi connectivity index (χ0n) is 23.0. The second-order valence-electron chi connectivity index (χ2n) is 11.6. The molecule has 0 atom stereocenters. The Bertz CT molecular complexity index is 902. The lowest BCUT2D eigenvalue weighted by atomic mass is 9.90. The maximum absolute atomic E-state index is 9.14. The number of likely N-dealkylation sites (tertiary alicyclic amines) is 1. The molecule has 3 N–H and O–H groups in total. The molecule has 198 valence electrons. The zero-order valence-corrected chi connectivity index (χ0v) is 23.0. The molecule has 0 spiro atoms. The fourth-order valence-corrected chi connectivity index (χ4v) is 4.82. The summed E-state index contributed by atoms with van der Waals surface area (Å²) >= 11 is 0. The highest BCUT2D eigenvalue weighted by atomic mass is 16.5. The Morgan fingerprint density at radius 3 is 2.33 bits per heavy atom. The van der Waals surface area contributed by atoms with Crippen LogP contribution < -0.4 is 15.4 Å². The van der Waals surface area contributed by atoms with Crippen molar-refractivity contribution in [2.24, 2.45) is 23.0 Å². The molecule has 5 heteroatoms. The lowest BCUT2D eigenvalue weighted by Crippen LogP contribution is -2.51. The predicted octanol–water partition coefficient (Wildman–Crippen LogP) is 6.57. The highest BCUT2D eigenvalue weighted by Gasteiger charge is 2.28. The molecule has 0 bridgehead atoms. The van der Waals surface area contributed by atoms with Crippen molar-refractivity contribution in [3.8, 4) is 5.75 Å². The highest BCUT2D eigenvalue weighted by molar-refractivity contribution is 5.94. The molecule has 1 aliphatic heterocycles. The van der Waals surface area contributed by atoms with E-state index in [1.54, 1.807) is 0 Å². The minimum absolute atomic E-state index is 0.0937. The van der Waals surface area contributed by atoms with Crippen molar-refractivity contribution in [2.45, 2.75) is 66.2 Å². The molecule has 2 aromatic rings. The number of nitrogens with one attached hydrogen (secondary N) is 1. The molecule has 1 saturated heterocycles. The maximum atomic E-state index is 9.14. The van der Waals surface area contributed by atoms with Crippen LogP contribution in [0.4, 0.5) is 5.69 Å². The smallest absolute Gasteiger partial charge is 0.198 e. The van der Waals surface area contributed by atoms with Crippen LogP contribution in [-0.4, -0.2) is 43.6 Å². The number of ether oxygens (including phenoxy) is 1. The van der Waals surface area contributed by atoms with Crippen LogP contribution in [0.5, 0.6) is 5.75 Å². The van der Waals surface area contributed by atoms with Gasteiger partial charge in [-0.2, -0.15) is 0 Å². The molecule has 1 heterocycles. The molecule has 0 radical (unpaired) electrons. The molecule has 0 amide bonds. The number of anilines is 1. The summed E-state index contributed by atoms with van der Waals surface area (Å²) in [5, 5.41) is 9.14. The van der Waals surface area contributed by atoms with E-state index in [0.29, 0.717) is 25.0 Å². The van der Waals surface area contributed by atoms with Crippen LogP contribution in [0.1, 0.15) is 65.4 Å². The summed E-state index contributed by atoms with van der Waals surface area (Å²) in [5.74, 6) is 2.91. The number of nitrogens with zero attached hydrogens (tertiary/aromatic N) is 2. The average molecular weight is 493 g/mol. The molecular formula is C31H48N4O. The van der Waals surface area contributed by atoms with Gasteiger partial charge >= 0.3 is 0 Å². The van der Waals surface area contributed by atoms with Gasteiger partial charge in [0.15, 0.2) is 5.96 Å². The van der Waals surface area contributed by atoms with Crippen molar-refractivity contribution < 1.29 is 4.74 Å². The van der Waals surface area contributed by atoms with Crippen molar-refractivity contribution in [1.82, 2.24) is 4.90 Å². The third kappa shape index (κ3) is 8.85. The summed E-state index contributed by atoms with van der Waals surface area (Å²) in [6.07, 6.45) is 6.91. The fourth-order valence-electron chi connectivity index (χ4n) is 4.82. The molecule has 1 fully saturated rings. The van der Waals surface area contributed by atoms with Crippen LogP contribution >= 0.6 is 0 Å². The standard InChI is InChI=1S/C31H48N4O/c1-25(2)10-8-9-21-36-29-15-13-28(14-16-29)35(24-31(3,4)23-32)30(33)34-19-17-27(18-20-34)22-26-11-6-5-7-12-26/h5-7,11-16,25,27,33H,8-10,17-24,32H2,1-4H3. The first-order valence-electron chi connectivity index (χ1n) is 13.9. The number of nitrogens with two attached hydrogens (primary N) is 1. The second kappa shape index (κ2) is 13.7. The minimum Gasteiger partial charge on any atom is -0.494 e. The maximum Gasteiger partial charge on any atom is 0.198 e. The van der Waals surface area contributed by atoms with Gasteiger partial charge < -0.3 is 20.3 Å². The van der Waals surface area contributed by atoms with E-state index in [2.05, 4.69) is 80.0 Å². The third-order valence-electron chi connectivity index (χ3n) is 7.27. The molecule has 1 aliphatic rings. The van der Waals surface area contributed by atoms with Gasteiger partial charge in [-0.05, 0) is 85.7 Å². The molecular weight excluding hydrogens is 444 g/mol. The van der Waals surface area contributed by atoms with Crippen LogP contribution in [0, 0.1) is 22.7 Å². The number of hydrogen-bond donors (Lipinski definition) is 2. The summed E-state index contributed by atoms with van der Waals surface area (Å²) in [5.41, 5.74) is 8.44. The van der Waals surface area contributed by atoms with E-state index in [4.69, 9.17) is 15.9 Å². The van der Waals surface area contributed by atoms with E-state index in [9.17, 15) is 0 Å². The van der Waals surface area contributed by atoms with Gasteiger partial charge in [0.1, 0.15) is 5.75 Å². The fraction of sp³-hybridized carbons (Fsp3) is 0.581. The van der Waals surface area contributed by atoms with Crippen molar-refractivity contribution in [2.75, 3.05) is 37.7 Å². The molecule has 0 saturated carbocycles. The quantitative estimate of drug-likeness (QED) is 0.200. The van der Waals surface area contributed by atoms with Crippen molar-refractivity contribution >= 4 is 11.6 Å². The number of guanidine groups is 1. The second-order valence-corrected chi connectivity index (χ2v) is 11.6. The van der Waals surface area contributed by atoms with Crippen molar-refractivity contribution in [3.05, 3.63) is 60.2 Å². The topological polar surface area (TPSA) is 65.6 Å². The summed E-state index contributed by atoms with van der Waals surface area (Å²) < 4.78 is 5.98. The van der Waals surface area contributed by atoms with Crippen LogP contribution in [0.25, 0.3) is 0 Å². The molecule has 36 heavy (non-hydrogen) atoms. The SMILES string of the molecule is CC(C)CCCCOc1ccc(N(CC(C)(C)CN)C(=N)N2CCC(Cc3ccccc3)CC2)cc1. The van der Waals surface area contributed by atoms with Gasteiger partial charge in [0.2, 0.25) is 0 Å². The van der Waals surface area contributed by atoms with Crippen LogP contribution in [-0.2, 0) is 6.42 Å². The van der Waals surface area contributed by atoms with E-state index in [1.165, 1.54) is 18.4 Å². The molecule has 0 aliphatic carbocycles. The molecule has 3 rings (SSSR count). The van der Waals surface area contributed by atoms with Gasteiger partial charge in [-0.3, -0.25) is 5.41 Å². The number of unbranched alkanes of at least 4 members (excludes halogenated alkanes) is 1. The van der Waals surface area contributed by atoms with Crippen molar-refractivity contribution in [1.29, 1.82) is 5.41 Å². The predicted molar refractivity (Wildman–Crippen MR) is 153 cm³/mol. The zero-order chi connectivity index (χ0) is 26.0. The van der Waals surface area contributed by atoms with Crippen LogP contribution in [0.15, 0.2) is 54.6 Å². The highest BCUT2D eigenvalue weighted by Crippen LogP contribution is 2.28. The van der Waals surface area contributed by atoms with E-state index in [-0.39, 0.29) is 5.41 Å².